The quantitative estimate of drug-likeness (QED) is 0.552. The summed E-state index contributed by atoms with van der Waals surface area (Å²) in [5.74, 6) is 1.35. The van der Waals surface area contributed by atoms with Crippen molar-refractivity contribution in [2.45, 2.75) is 13.3 Å². The number of hydrogen-bond acceptors (Lipinski definition) is 6. The van der Waals surface area contributed by atoms with Crippen molar-refractivity contribution in [1.82, 2.24) is 4.98 Å². The van der Waals surface area contributed by atoms with Gasteiger partial charge in [-0.25, -0.2) is 9.78 Å². The van der Waals surface area contributed by atoms with Crippen LogP contribution in [0.2, 0.25) is 0 Å². The summed E-state index contributed by atoms with van der Waals surface area (Å²) in [6.45, 7) is 1.88. The second-order valence-corrected chi connectivity index (χ2v) is 6.64. The number of nitrogens with one attached hydrogen (secondary N) is 1. The molecule has 130 valence electrons. The van der Waals surface area contributed by atoms with Crippen molar-refractivity contribution in [1.29, 1.82) is 0 Å². The summed E-state index contributed by atoms with van der Waals surface area (Å²) in [7, 11) is 0. The average Bonchev–Trinajstić information content (AvgIpc) is 3.24. The van der Waals surface area contributed by atoms with Gasteiger partial charge in [-0.05, 0) is 43.3 Å². The van der Waals surface area contributed by atoms with Crippen LogP contribution in [0.15, 0.2) is 61.5 Å². The lowest BCUT2D eigenvalue weighted by Gasteiger charge is -2.05. The van der Waals surface area contributed by atoms with Crippen LogP contribution in [0.3, 0.4) is 0 Å². The second-order valence-electron chi connectivity index (χ2n) is 5.79. The SMILES string of the molecule is Cc1ccc(-c2nc(CC(=O)Nc3ccc4oc(=O)ccc4c3)cs2)o1. The van der Waals surface area contributed by atoms with Crippen LogP contribution in [-0.4, -0.2) is 10.9 Å². The average molecular weight is 366 g/mol. The molecule has 1 N–H and O–H groups in total. The number of thiazole rings is 1. The molecule has 0 unspecified atom stereocenters. The van der Waals surface area contributed by atoms with Crippen molar-refractivity contribution in [3.8, 4) is 10.8 Å². The Morgan fingerprint density at radius 2 is 2.04 bits per heavy atom. The lowest BCUT2D eigenvalue weighted by atomic mass is 10.2. The van der Waals surface area contributed by atoms with E-state index in [1.807, 2.05) is 24.4 Å². The van der Waals surface area contributed by atoms with Gasteiger partial charge in [0.1, 0.15) is 11.3 Å². The van der Waals surface area contributed by atoms with E-state index in [0.717, 1.165) is 16.2 Å². The summed E-state index contributed by atoms with van der Waals surface area (Å²) >= 11 is 1.44. The summed E-state index contributed by atoms with van der Waals surface area (Å²) in [5, 5.41) is 6.18. The van der Waals surface area contributed by atoms with Gasteiger partial charge in [0.05, 0.1) is 12.1 Å². The zero-order chi connectivity index (χ0) is 18.1. The van der Waals surface area contributed by atoms with Crippen molar-refractivity contribution in [2.24, 2.45) is 0 Å². The third-order valence-electron chi connectivity index (χ3n) is 3.75. The molecular formula is C19H14N2O4S. The van der Waals surface area contributed by atoms with Crippen LogP contribution in [0.1, 0.15) is 11.5 Å². The highest BCUT2D eigenvalue weighted by Gasteiger charge is 2.12. The van der Waals surface area contributed by atoms with Crippen LogP contribution >= 0.6 is 11.3 Å². The maximum absolute atomic E-state index is 12.3. The zero-order valence-corrected chi connectivity index (χ0v) is 14.6. The van der Waals surface area contributed by atoms with E-state index >= 15 is 0 Å². The molecule has 0 fully saturated rings. The van der Waals surface area contributed by atoms with Crippen LogP contribution in [-0.2, 0) is 11.2 Å². The number of furan rings is 1. The van der Waals surface area contributed by atoms with Crippen molar-refractivity contribution in [2.75, 3.05) is 5.32 Å². The molecule has 0 saturated heterocycles. The first kappa shape index (κ1) is 16.3. The fraction of sp³-hybridized carbons (Fsp3) is 0.105. The Kier molecular flexibility index (Phi) is 4.14. The minimum absolute atomic E-state index is 0.165. The summed E-state index contributed by atoms with van der Waals surface area (Å²) in [6, 6.07) is 11.9. The van der Waals surface area contributed by atoms with Gasteiger partial charge >= 0.3 is 5.63 Å². The highest BCUT2D eigenvalue weighted by Crippen LogP contribution is 2.26. The summed E-state index contributed by atoms with van der Waals surface area (Å²) in [4.78, 5) is 27.9. The van der Waals surface area contributed by atoms with E-state index in [0.29, 0.717) is 22.7 Å². The Balaban J connectivity index is 1.46. The molecule has 0 aliphatic carbocycles. The predicted molar refractivity (Wildman–Crippen MR) is 99.4 cm³/mol. The Morgan fingerprint density at radius 1 is 1.15 bits per heavy atom. The number of fused-ring (bicyclic) bond motifs is 1. The lowest BCUT2D eigenvalue weighted by Crippen LogP contribution is -2.14. The van der Waals surface area contributed by atoms with Crippen LogP contribution in [0.25, 0.3) is 21.7 Å². The number of carbonyl (C=O) groups excluding carboxylic acids is 1. The molecule has 1 aromatic carbocycles. The van der Waals surface area contributed by atoms with Crippen molar-refractivity contribution in [3.63, 3.8) is 0 Å². The van der Waals surface area contributed by atoms with Crippen molar-refractivity contribution in [3.05, 3.63) is 69.7 Å². The van der Waals surface area contributed by atoms with Gasteiger partial charge in [-0.15, -0.1) is 11.3 Å². The van der Waals surface area contributed by atoms with E-state index in [-0.39, 0.29) is 12.3 Å². The van der Waals surface area contributed by atoms with E-state index in [2.05, 4.69) is 10.3 Å². The molecule has 0 aliphatic rings. The number of anilines is 1. The Hall–Kier alpha value is -3.19. The Bertz CT molecular complexity index is 1160. The highest BCUT2D eigenvalue weighted by atomic mass is 32.1. The minimum Gasteiger partial charge on any atom is -0.459 e. The molecule has 7 heteroatoms. The fourth-order valence-electron chi connectivity index (χ4n) is 2.57. The number of aryl methyl sites for hydroxylation is 1. The van der Waals surface area contributed by atoms with Gasteiger partial charge in [0.2, 0.25) is 5.91 Å². The predicted octanol–water partition coefficient (Wildman–Crippen LogP) is 4.00. The number of aromatic nitrogens is 1. The van der Waals surface area contributed by atoms with E-state index in [4.69, 9.17) is 8.83 Å². The van der Waals surface area contributed by atoms with Crippen LogP contribution < -0.4 is 10.9 Å². The monoisotopic (exact) mass is 366 g/mol. The number of carbonyl (C=O) groups is 1. The van der Waals surface area contributed by atoms with Gasteiger partial charge < -0.3 is 14.2 Å². The maximum atomic E-state index is 12.3. The largest absolute Gasteiger partial charge is 0.459 e. The smallest absolute Gasteiger partial charge is 0.336 e. The first-order chi connectivity index (χ1) is 12.6. The molecule has 0 spiro atoms. The molecule has 0 atom stereocenters. The molecule has 3 aromatic heterocycles. The first-order valence-electron chi connectivity index (χ1n) is 7.92. The van der Waals surface area contributed by atoms with Gasteiger partial charge in [-0.3, -0.25) is 4.79 Å². The molecule has 0 bridgehead atoms. The number of benzene rings is 1. The minimum atomic E-state index is -0.402. The maximum Gasteiger partial charge on any atom is 0.336 e. The van der Waals surface area contributed by atoms with E-state index < -0.39 is 5.63 Å². The van der Waals surface area contributed by atoms with Gasteiger partial charge in [0, 0.05) is 22.5 Å². The van der Waals surface area contributed by atoms with Crippen molar-refractivity contribution < 1.29 is 13.6 Å². The molecule has 6 nitrogen and oxygen atoms in total. The molecule has 4 rings (SSSR count). The summed E-state index contributed by atoms with van der Waals surface area (Å²) in [6.07, 6.45) is 0.165. The molecule has 0 radical (unpaired) electrons. The van der Waals surface area contributed by atoms with Gasteiger partial charge in [-0.2, -0.15) is 0 Å². The third-order valence-corrected chi connectivity index (χ3v) is 4.65. The van der Waals surface area contributed by atoms with E-state index in [1.54, 1.807) is 24.3 Å². The van der Waals surface area contributed by atoms with E-state index in [9.17, 15) is 9.59 Å². The topological polar surface area (TPSA) is 85.3 Å². The summed E-state index contributed by atoms with van der Waals surface area (Å²) in [5.41, 5.74) is 1.39. The van der Waals surface area contributed by atoms with Crippen LogP contribution in [0.4, 0.5) is 5.69 Å². The van der Waals surface area contributed by atoms with Crippen LogP contribution in [0.5, 0.6) is 0 Å². The normalized spacial score (nSPS) is 11.0. The fourth-order valence-corrected chi connectivity index (χ4v) is 3.35. The molecule has 0 aliphatic heterocycles. The standard InChI is InChI=1S/C19H14N2O4S/c1-11-2-5-16(24-11)19-21-14(10-26-19)9-17(22)20-13-4-6-15-12(8-13)3-7-18(23)25-15/h2-8,10H,9H2,1H3,(H,20,22). The third kappa shape index (κ3) is 3.43. The van der Waals surface area contributed by atoms with Gasteiger partial charge in [-0.1, -0.05) is 0 Å². The van der Waals surface area contributed by atoms with Gasteiger partial charge in [0.15, 0.2) is 10.8 Å². The number of rotatable bonds is 4. The van der Waals surface area contributed by atoms with Crippen molar-refractivity contribution >= 4 is 33.9 Å². The second kappa shape index (κ2) is 6.61. The molecule has 26 heavy (non-hydrogen) atoms. The molecule has 4 aromatic rings. The van der Waals surface area contributed by atoms with Crippen LogP contribution in [0, 0.1) is 6.92 Å². The Morgan fingerprint density at radius 3 is 2.85 bits per heavy atom. The van der Waals surface area contributed by atoms with Gasteiger partial charge in [0.25, 0.3) is 0 Å². The molecular weight excluding hydrogens is 352 g/mol. The molecule has 0 saturated carbocycles. The number of hydrogen-bond donors (Lipinski definition) is 1. The lowest BCUT2D eigenvalue weighted by molar-refractivity contribution is -0.115. The zero-order valence-electron chi connectivity index (χ0n) is 13.8. The molecule has 1 amide bonds. The summed E-state index contributed by atoms with van der Waals surface area (Å²) < 4.78 is 10.6. The number of nitrogens with zero attached hydrogens (tertiary/aromatic N) is 1. The Labute approximate surface area is 152 Å². The molecule has 3 heterocycles. The first-order valence-corrected chi connectivity index (χ1v) is 8.80. The van der Waals surface area contributed by atoms with E-state index in [1.165, 1.54) is 17.4 Å². The highest BCUT2D eigenvalue weighted by molar-refractivity contribution is 7.13. The number of amides is 1.